The standard InChI is InChI=1S/C11H13F3N2O3S/c1-7-4-3-5-8(2)10(7)15-6-9(17)16-20(18,19)11(12,13)14/h3-5,15H,6H2,1-2H3,(H,16,17)/p-1. The minimum absolute atomic E-state index is 0.556. The summed E-state index contributed by atoms with van der Waals surface area (Å²) in [5.41, 5.74) is -3.46. The fourth-order valence-corrected chi connectivity index (χ4v) is 1.91. The summed E-state index contributed by atoms with van der Waals surface area (Å²) in [4.78, 5) is 0. The van der Waals surface area contributed by atoms with Crippen molar-refractivity contribution >= 4 is 21.6 Å². The Balaban J connectivity index is 2.86. The van der Waals surface area contributed by atoms with Gasteiger partial charge >= 0.3 is 15.5 Å². The molecule has 0 fully saturated rings. The molecule has 5 nitrogen and oxygen atoms in total. The summed E-state index contributed by atoms with van der Waals surface area (Å²) in [6.07, 6.45) is 0. The van der Waals surface area contributed by atoms with Gasteiger partial charge in [-0.25, -0.2) is 0 Å². The molecule has 0 spiro atoms. The van der Waals surface area contributed by atoms with E-state index in [1.807, 2.05) is 0 Å². The van der Waals surface area contributed by atoms with Crippen LogP contribution in [0.1, 0.15) is 11.1 Å². The Morgan fingerprint density at radius 3 is 2.25 bits per heavy atom. The van der Waals surface area contributed by atoms with Crippen LogP contribution in [-0.2, 0) is 10.0 Å². The zero-order valence-electron chi connectivity index (χ0n) is 10.7. The fraction of sp³-hybridized carbons (Fsp3) is 0.364. The maximum atomic E-state index is 12.0. The Labute approximate surface area is 114 Å². The van der Waals surface area contributed by atoms with E-state index in [0.29, 0.717) is 5.69 Å². The topological polar surface area (TPSA) is 81.6 Å². The number of benzene rings is 1. The SMILES string of the molecule is Cc1cccc(C)c1NC/C([O-])=N/S(=O)(=O)C(F)(F)F. The lowest BCUT2D eigenvalue weighted by Gasteiger charge is -2.16. The molecule has 0 saturated carbocycles. The molecule has 20 heavy (non-hydrogen) atoms. The highest BCUT2D eigenvalue weighted by Crippen LogP contribution is 2.24. The van der Waals surface area contributed by atoms with Crippen LogP contribution >= 0.6 is 0 Å². The maximum Gasteiger partial charge on any atom is 0.518 e. The molecule has 0 unspecified atom stereocenters. The van der Waals surface area contributed by atoms with Crippen molar-refractivity contribution < 1.29 is 26.7 Å². The third-order valence-electron chi connectivity index (χ3n) is 2.41. The largest absolute Gasteiger partial charge is 0.860 e. The van der Waals surface area contributed by atoms with Crippen molar-refractivity contribution in [2.45, 2.75) is 19.4 Å². The van der Waals surface area contributed by atoms with Crippen LogP contribution in [0, 0.1) is 13.8 Å². The normalized spacial score (nSPS) is 13.3. The second-order valence-electron chi connectivity index (χ2n) is 4.03. The quantitative estimate of drug-likeness (QED) is 0.672. The highest BCUT2D eigenvalue weighted by Gasteiger charge is 2.45. The average Bonchev–Trinajstić information content (AvgIpc) is 2.26. The van der Waals surface area contributed by atoms with E-state index in [4.69, 9.17) is 0 Å². The molecule has 0 radical (unpaired) electrons. The summed E-state index contributed by atoms with van der Waals surface area (Å²) in [6, 6.07) is 5.25. The van der Waals surface area contributed by atoms with Gasteiger partial charge in [-0.3, -0.25) is 0 Å². The molecule has 1 aromatic carbocycles. The summed E-state index contributed by atoms with van der Waals surface area (Å²) < 4.78 is 59.6. The van der Waals surface area contributed by atoms with E-state index >= 15 is 0 Å². The number of hydrogen-bond donors (Lipinski definition) is 1. The van der Waals surface area contributed by atoms with Crippen LogP contribution in [0.5, 0.6) is 0 Å². The van der Waals surface area contributed by atoms with Gasteiger partial charge in [0, 0.05) is 12.2 Å². The van der Waals surface area contributed by atoms with Gasteiger partial charge in [0.25, 0.3) is 0 Å². The van der Waals surface area contributed by atoms with Gasteiger partial charge in [-0.1, -0.05) is 18.2 Å². The van der Waals surface area contributed by atoms with Gasteiger partial charge in [-0.05, 0) is 30.9 Å². The van der Waals surface area contributed by atoms with E-state index in [1.54, 1.807) is 32.0 Å². The van der Waals surface area contributed by atoms with E-state index in [1.165, 1.54) is 0 Å². The minimum atomic E-state index is -5.79. The van der Waals surface area contributed by atoms with Crippen LogP contribution in [0.25, 0.3) is 0 Å². The molecule has 1 rings (SSSR count). The summed E-state index contributed by atoms with van der Waals surface area (Å²) >= 11 is 0. The number of anilines is 1. The molecule has 0 aliphatic rings. The molecule has 0 saturated heterocycles. The van der Waals surface area contributed by atoms with Crippen molar-refractivity contribution in [2.24, 2.45) is 4.40 Å². The zero-order chi connectivity index (χ0) is 15.6. The van der Waals surface area contributed by atoms with E-state index in [9.17, 15) is 26.7 Å². The summed E-state index contributed by atoms with van der Waals surface area (Å²) in [5.74, 6) is -1.41. The molecule has 0 atom stereocenters. The first-order valence-electron chi connectivity index (χ1n) is 5.42. The molecule has 0 aliphatic carbocycles. The monoisotopic (exact) mass is 309 g/mol. The number of alkyl halides is 3. The number of nitrogens with one attached hydrogen (secondary N) is 1. The van der Waals surface area contributed by atoms with E-state index in [-0.39, 0.29) is 0 Å². The molecule has 0 amide bonds. The van der Waals surface area contributed by atoms with Crippen LogP contribution in [0.3, 0.4) is 0 Å². The molecular formula is C11H12F3N2O3S-. The van der Waals surface area contributed by atoms with Gasteiger partial charge in [-0.15, -0.1) is 0 Å². The number of aryl methyl sites for hydroxylation is 2. The first-order valence-corrected chi connectivity index (χ1v) is 6.86. The Morgan fingerprint density at radius 1 is 1.30 bits per heavy atom. The number of para-hydroxylation sites is 1. The summed E-state index contributed by atoms with van der Waals surface area (Å²) in [7, 11) is -5.79. The van der Waals surface area contributed by atoms with Crippen LogP contribution in [0.4, 0.5) is 18.9 Å². The van der Waals surface area contributed by atoms with Crippen molar-refractivity contribution in [3.8, 4) is 0 Å². The van der Waals surface area contributed by atoms with Crippen LogP contribution < -0.4 is 10.4 Å². The number of sulfonamides is 1. The second kappa shape index (κ2) is 5.70. The summed E-state index contributed by atoms with van der Waals surface area (Å²) in [6.45, 7) is 2.84. The molecule has 0 bridgehead atoms. The van der Waals surface area contributed by atoms with Crippen molar-refractivity contribution in [2.75, 3.05) is 11.9 Å². The highest BCUT2D eigenvalue weighted by molar-refractivity contribution is 7.91. The highest BCUT2D eigenvalue weighted by atomic mass is 32.2. The fourth-order valence-electron chi connectivity index (χ4n) is 1.48. The Kier molecular flexibility index (Phi) is 4.64. The van der Waals surface area contributed by atoms with Gasteiger partial charge in [0.2, 0.25) is 0 Å². The number of rotatable bonds is 4. The molecule has 0 aliphatic heterocycles. The van der Waals surface area contributed by atoms with Crippen LogP contribution in [0.15, 0.2) is 22.6 Å². The van der Waals surface area contributed by atoms with E-state index in [2.05, 4.69) is 9.71 Å². The predicted molar refractivity (Wildman–Crippen MR) is 66.8 cm³/mol. The van der Waals surface area contributed by atoms with Gasteiger partial charge in [-0.2, -0.15) is 26.0 Å². The van der Waals surface area contributed by atoms with Gasteiger partial charge in [0.15, 0.2) is 0 Å². The molecule has 0 aromatic heterocycles. The number of nitrogens with zero attached hydrogens (tertiary/aromatic N) is 1. The van der Waals surface area contributed by atoms with Crippen molar-refractivity contribution in [1.82, 2.24) is 0 Å². The molecular weight excluding hydrogens is 297 g/mol. The third-order valence-corrected chi connectivity index (χ3v) is 3.44. The number of halogens is 3. The maximum absolute atomic E-state index is 12.0. The first kappa shape index (κ1) is 16.3. The van der Waals surface area contributed by atoms with Gasteiger partial charge in [0.1, 0.15) is 0 Å². The van der Waals surface area contributed by atoms with Gasteiger partial charge < -0.3 is 10.4 Å². The van der Waals surface area contributed by atoms with Crippen LogP contribution in [-0.4, -0.2) is 26.4 Å². The molecule has 1 N–H and O–H groups in total. The lowest BCUT2D eigenvalue weighted by molar-refractivity contribution is -0.215. The molecule has 1 aromatic rings. The lowest BCUT2D eigenvalue weighted by atomic mass is 10.1. The van der Waals surface area contributed by atoms with E-state index in [0.717, 1.165) is 11.1 Å². The van der Waals surface area contributed by atoms with Crippen molar-refractivity contribution in [3.63, 3.8) is 0 Å². The van der Waals surface area contributed by atoms with Crippen LogP contribution in [0.2, 0.25) is 0 Å². The number of hydrogen-bond acceptors (Lipinski definition) is 4. The van der Waals surface area contributed by atoms with Crippen molar-refractivity contribution in [1.29, 1.82) is 0 Å². The smallest absolute Gasteiger partial charge is 0.518 e. The van der Waals surface area contributed by atoms with Crippen molar-refractivity contribution in [3.05, 3.63) is 29.3 Å². The molecule has 0 heterocycles. The predicted octanol–water partition coefficient (Wildman–Crippen LogP) is 1.32. The minimum Gasteiger partial charge on any atom is -0.860 e. The Hall–Kier alpha value is -1.77. The van der Waals surface area contributed by atoms with Gasteiger partial charge in [0.05, 0.1) is 0 Å². The molecule has 112 valence electrons. The Morgan fingerprint density at radius 2 is 1.80 bits per heavy atom. The Bertz CT molecular complexity index is 604. The summed E-state index contributed by atoms with van der Waals surface area (Å²) in [5, 5.41) is 13.8. The third kappa shape index (κ3) is 3.86. The lowest BCUT2D eigenvalue weighted by Crippen LogP contribution is -2.31. The first-order chi connectivity index (χ1) is 9.04. The average molecular weight is 309 g/mol. The van der Waals surface area contributed by atoms with E-state index < -0.39 is 28.0 Å². The second-order valence-corrected chi connectivity index (χ2v) is 5.62. The molecule has 9 heteroatoms. The zero-order valence-corrected chi connectivity index (χ0v) is 11.5.